The lowest BCUT2D eigenvalue weighted by atomic mass is 9.46. The minimum atomic E-state index is -1.48. The molecular weight excluding hydrogens is 372 g/mol. The van der Waals surface area contributed by atoms with Crippen molar-refractivity contribution in [2.45, 2.75) is 83.0 Å². The minimum absolute atomic E-state index is 0.00167. The molecule has 4 fully saturated rings. The van der Waals surface area contributed by atoms with Gasteiger partial charge in [0.2, 0.25) is 5.78 Å². The molecule has 1 N–H and O–H groups in total. The average Bonchev–Trinajstić information content (AvgIpc) is 3.32. The summed E-state index contributed by atoms with van der Waals surface area (Å²) in [6, 6.07) is 0. The summed E-state index contributed by atoms with van der Waals surface area (Å²) in [7, 11) is 0. The maximum atomic E-state index is 12.9. The third-order valence-electron chi connectivity index (χ3n) is 9.35. The molecule has 5 aliphatic rings. The number of aliphatic hydroxyl groups is 1. The molecular formula is C23H30O6. The largest absolute Gasteiger partial charge is 0.458 e. The number of epoxide rings is 1. The molecule has 7 atom stereocenters. The normalized spacial score (nSPS) is 49.9. The van der Waals surface area contributed by atoms with E-state index >= 15 is 0 Å². The van der Waals surface area contributed by atoms with Crippen molar-refractivity contribution in [3.8, 4) is 0 Å². The molecule has 1 saturated heterocycles. The van der Waals surface area contributed by atoms with Gasteiger partial charge in [-0.05, 0) is 56.4 Å². The molecule has 0 aromatic carbocycles. The lowest BCUT2D eigenvalue weighted by molar-refractivity contribution is -0.166. The molecule has 1 heterocycles. The number of hydrogen-bond acceptors (Lipinski definition) is 6. The van der Waals surface area contributed by atoms with Gasteiger partial charge in [-0.25, -0.2) is 0 Å². The monoisotopic (exact) mass is 402 g/mol. The number of ether oxygens (including phenoxy) is 2. The van der Waals surface area contributed by atoms with Crippen LogP contribution >= 0.6 is 0 Å². The van der Waals surface area contributed by atoms with Crippen molar-refractivity contribution in [3.63, 3.8) is 0 Å². The predicted octanol–water partition coefficient (Wildman–Crippen LogP) is 2.51. The van der Waals surface area contributed by atoms with Gasteiger partial charge in [0.05, 0.1) is 6.10 Å². The van der Waals surface area contributed by atoms with Crippen molar-refractivity contribution in [1.29, 1.82) is 0 Å². The zero-order chi connectivity index (χ0) is 20.8. The van der Waals surface area contributed by atoms with Gasteiger partial charge in [0, 0.05) is 24.2 Å². The fourth-order valence-corrected chi connectivity index (χ4v) is 7.77. The van der Waals surface area contributed by atoms with Crippen LogP contribution in [0.15, 0.2) is 11.6 Å². The van der Waals surface area contributed by atoms with Crippen molar-refractivity contribution < 1.29 is 29.0 Å². The Morgan fingerprint density at radius 3 is 2.69 bits per heavy atom. The summed E-state index contributed by atoms with van der Waals surface area (Å²) in [6.45, 7) is 5.18. The number of rotatable bonds is 3. The van der Waals surface area contributed by atoms with Crippen LogP contribution in [0.1, 0.15) is 65.7 Å². The maximum Gasteiger partial charge on any atom is 0.303 e. The van der Waals surface area contributed by atoms with E-state index in [1.807, 2.05) is 13.0 Å². The number of esters is 1. The summed E-state index contributed by atoms with van der Waals surface area (Å²) in [4.78, 5) is 36.1. The summed E-state index contributed by atoms with van der Waals surface area (Å²) in [5.41, 5.74) is -1.22. The summed E-state index contributed by atoms with van der Waals surface area (Å²) in [6.07, 6.45) is 6.88. The van der Waals surface area contributed by atoms with Crippen LogP contribution in [0.2, 0.25) is 0 Å². The number of ketones is 2. The number of fused-ring (bicyclic) bond motifs is 3. The number of carbonyl (C=O) groups excluding carboxylic acids is 3. The number of Topliss-reactive ketones (excluding diaryl/α,β-unsaturated/α-hetero) is 1. The van der Waals surface area contributed by atoms with Crippen molar-refractivity contribution in [3.05, 3.63) is 11.6 Å². The average molecular weight is 402 g/mol. The third kappa shape index (κ3) is 2.22. The van der Waals surface area contributed by atoms with E-state index in [2.05, 4.69) is 6.92 Å². The van der Waals surface area contributed by atoms with E-state index in [0.717, 1.165) is 25.7 Å². The van der Waals surface area contributed by atoms with Crippen LogP contribution in [0.5, 0.6) is 0 Å². The summed E-state index contributed by atoms with van der Waals surface area (Å²) < 4.78 is 11.4. The topological polar surface area (TPSA) is 93.2 Å². The van der Waals surface area contributed by atoms with Gasteiger partial charge in [0.15, 0.2) is 12.4 Å². The van der Waals surface area contributed by atoms with Gasteiger partial charge in [-0.15, -0.1) is 0 Å². The Kier molecular flexibility index (Phi) is 3.88. The van der Waals surface area contributed by atoms with Gasteiger partial charge in [0.25, 0.3) is 0 Å². The van der Waals surface area contributed by atoms with Crippen LogP contribution in [0.25, 0.3) is 0 Å². The zero-order valence-electron chi connectivity index (χ0n) is 17.5. The smallest absolute Gasteiger partial charge is 0.303 e. The second-order valence-electron chi connectivity index (χ2n) is 10.3. The summed E-state index contributed by atoms with van der Waals surface area (Å²) >= 11 is 0. The van der Waals surface area contributed by atoms with Gasteiger partial charge in [-0.1, -0.05) is 19.4 Å². The molecule has 0 aromatic heterocycles. The molecule has 158 valence electrons. The summed E-state index contributed by atoms with van der Waals surface area (Å²) in [5, 5.41) is 11.5. The van der Waals surface area contributed by atoms with E-state index in [1.165, 1.54) is 12.5 Å². The van der Waals surface area contributed by atoms with Crippen molar-refractivity contribution >= 4 is 17.5 Å². The highest BCUT2D eigenvalue weighted by Gasteiger charge is 2.81. The van der Waals surface area contributed by atoms with Gasteiger partial charge in [-0.3, -0.25) is 14.4 Å². The predicted molar refractivity (Wildman–Crippen MR) is 103 cm³/mol. The first kappa shape index (κ1) is 19.4. The molecule has 1 aliphatic heterocycles. The first-order chi connectivity index (χ1) is 13.6. The van der Waals surface area contributed by atoms with Crippen LogP contribution in [0, 0.1) is 22.7 Å². The second kappa shape index (κ2) is 5.79. The Morgan fingerprint density at radius 2 is 1.97 bits per heavy atom. The SMILES string of the molecule is CC(=O)OCC(=O)[C@@]1(O)CCC2C3CCC4=CC(=O)CCC4(C)C34OC4CC21C. The van der Waals surface area contributed by atoms with Crippen molar-refractivity contribution in [2.24, 2.45) is 22.7 Å². The highest BCUT2D eigenvalue weighted by atomic mass is 16.6. The van der Waals surface area contributed by atoms with Crippen LogP contribution < -0.4 is 0 Å². The fourth-order valence-electron chi connectivity index (χ4n) is 7.77. The first-order valence-electron chi connectivity index (χ1n) is 10.9. The molecule has 0 aromatic rings. The van der Waals surface area contributed by atoms with E-state index in [-0.39, 0.29) is 41.3 Å². The van der Waals surface area contributed by atoms with Crippen LogP contribution in [0.3, 0.4) is 0 Å². The highest BCUT2D eigenvalue weighted by molar-refractivity contribution is 5.92. The molecule has 6 nitrogen and oxygen atoms in total. The minimum Gasteiger partial charge on any atom is -0.458 e. The molecule has 0 amide bonds. The van der Waals surface area contributed by atoms with Gasteiger partial charge < -0.3 is 14.6 Å². The Bertz CT molecular complexity index is 846. The number of hydrogen-bond donors (Lipinski definition) is 1. The zero-order valence-corrected chi connectivity index (χ0v) is 17.5. The molecule has 29 heavy (non-hydrogen) atoms. The van der Waals surface area contributed by atoms with Crippen LogP contribution in [0.4, 0.5) is 0 Å². The van der Waals surface area contributed by atoms with E-state index in [9.17, 15) is 19.5 Å². The molecule has 5 rings (SSSR count). The van der Waals surface area contributed by atoms with Gasteiger partial charge >= 0.3 is 5.97 Å². The molecule has 0 bridgehead atoms. The van der Waals surface area contributed by atoms with E-state index < -0.39 is 22.8 Å². The fraction of sp³-hybridized carbons (Fsp3) is 0.783. The molecule has 0 radical (unpaired) electrons. The molecule has 4 aliphatic carbocycles. The maximum absolute atomic E-state index is 12.9. The Hall–Kier alpha value is -1.53. The van der Waals surface area contributed by atoms with E-state index in [0.29, 0.717) is 19.3 Å². The van der Waals surface area contributed by atoms with E-state index in [1.54, 1.807) is 0 Å². The lowest BCUT2D eigenvalue weighted by Gasteiger charge is -2.56. The van der Waals surface area contributed by atoms with E-state index in [4.69, 9.17) is 9.47 Å². The molecule has 3 saturated carbocycles. The lowest BCUT2D eigenvalue weighted by Crippen LogP contribution is -2.62. The van der Waals surface area contributed by atoms with Crippen LogP contribution in [-0.4, -0.2) is 46.6 Å². The van der Waals surface area contributed by atoms with Crippen molar-refractivity contribution in [2.75, 3.05) is 6.61 Å². The Balaban J connectivity index is 1.48. The Labute approximate surface area is 171 Å². The number of carbonyl (C=O) groups is 3. The van der Waals surface area contributed by atoms with Gasteiger partial charge in [-0.2, -0.15) is 0 Å². The van der Waals surface area contributed by atoms with Gasteiger partial charge in [0.1, 0.15) is 11.2 Å². The standard InChI is InChI=1S/C23H30O6/c1-13(24)28-12-18(26)22(27)9-7-16-17-5-4-14-10-15(25)6-8-20(14,2)23(17)19(29-23)11-21(16,22)3/h10,16-17,19,27H,4-9,11-12H2,1-3H3/t16?,17?,19?,20?,21?,22-,23?/m0/s1. The third-order valence-corrected chi connectivity index (χ3v) is 9.35. The molecule has 6 unspecified atom stereocenters. The quantitative estimate of drug-likeness (QED) is 0.576. The molecule has 1 spiro atoms. The molecule has 6 heteroatoms. The van der Waals surface area contributed by atoms with Crippen LogP contribution in [-0.2, 0) is 23.9 Å². The van der Waals surface area contributed by atoms with Crippen molar-refractivity contribution in [1.82, 2.24) is 0 Å². The summed E-state index contributed by atoms with van der Waals surface area (Å²) in [5.74, 6) is -0.227. The highest BCUT2D eigenvalue weighted by Crippen LogP contribution is 2.76. The first-order valence-corrected chi connectivity index (χ1v) is 10.9. The Morgan fingerprint density at radius 1 is 1.21 bits per heavy atom. The second-order valence-corrected chi connectivity index (χ2v) is 10.3.